The maximum absolute atomic E-state index is 3.70. The summed E-state index contributed by atoms with van der Waals surface area (Å²) >= 11 is 0. The molecule has 3 unspecified atom stereocenters. The molecular formula is C30H46N2P2. The average Bonchev–Trinajstić information content (AvgIpc) is 3.51. The van der Waals surface area contributed by atoms with Crippen molar-refractivity contribution in [2.24, 2.45) is 11.8 Å². The first-order valence-electron chi connectivity index (χ1n) is 13.2. The summed E-state index contributed by atoms with van der Waals surface area (Å²) in [6.45, 7) is 19.3. The van der Waals surface area contributed by atoms with Crippen molar-refractivity contribution in [1.82, 2.24) is 10.6 Å². The minimum absolute atomic E-state index is 0.101. The van der Waals surface area contributed by atoms with Gasteiger partial charge in [-0.2, -0.15) is 0 Å². The van der Waals surface area contributed by atoms with E-state index in [9.17, 15) is 0 Å². The van der Waals surface area contributed by atoms with Gasteiger partial charge in [0.25, 0.3) is 0 Å². The second-order valence-electron chi connectivity index (χ2n) is 12.5. The van der Waals surface area contributed by atoms with Crippen LogP contribution in [0.1, 0.15) is 65.5 Å². The van der Waals surface area contributed by atoms with E-state index in [4.69, 9.17) is 0 Å². The van der Waals surface area contributed by atoms with Gasteiger partial charge >= 0.3 is 0 Å². The monoisotopic (exact) mass is 496 g/mol. The Kier molecular flexibility index (Phi) is 7.96. The van der Waals surface area contributed by atoms with E-state index in [2.05, 4.69) is 110 Å². The Bertz CT molecular complexity index is 916. The van der Waals surface area contributed by atoms with Crippen molar-refractivity contribution in [3.8, 4) is 11.1 Å². The Morgan fingerprint density at radius 2 is 1.35 bits per heavy atom. The summed E-state index contributed by atoms with van der Waals surface area (Å²) < 4.78 is 0. The van der Waals surface area contributed by atoms with Crippen LogP contribution in [-0.4, -0.2) is 36.5 Å². The van der Waals surface area contributed by atoms with Gasteiger partial charge in [0, 0.05) is 5.16 Å². The summed E-state index contributed by atoms with van der Waals surface area (Å²) in [5.74, 6) is 1.31. The van der Waals surface area contributed by atoms with Gasteiger partial charge in [0.1, 0.15) is 0 Å². The third-order valence-electron chi connectivity index (χ3n) is 8.10. The molecule has 186 valence electrons. The number of hydrogen-bond donors (Lipinski definition) is 2. The van der Waals surface area contributed by atoms with Gasteiger partial charge < -0.3 is 10.6 Å². The Morgan fingerprint density at radius 3 is 1.82 bits per heavy atom. The summed E-state index contributed by atoms with van der Waals surface area (Å²) in [5, 5.41) is 8.13. The maximum Gasteiger partial charge on any atom is 0.0182 e. The van der Waals surface area contributed by atoms with Crippen molar-refractivity contribution in [1.29, 1.82) is 0 Å². The minimum Gasteiger partial charge on any atom is -0.316 e. The molecular weight excluding hydrogens is 450 g/mol. The van der Waals surface area contributed by atoms with Crippen LogP contribution in [0.5, 0.6) is 0 Å². The largest absolute Gasteiger partial charge is 0.316 e. The maximum atomic E-state index is 3.70. The van der Waals surface area contributed by atoms with Crippen molar-refractivity contribution in [3.63, 3.8) is 0 Å². The Labute approximate surface area is 212 Å². The lowest BCUT2D eigenvalue weighted by Gasteiger charge is -2.45. The quantitative estimate of drug-likeness (QED) is 0.413. The molecule has 2 saturated heterocycles. The Balaban J connectivity index is 1.87. The smallest absolute Gasteiger partial charge is 0.0182 e. The molecule has 0 aliphatic carbocycles. The topological polar surface area (TPSA) is 24.1 Å². The highest BCUT2D eigenvalue weighted by atomic mass is 31.1. The van der Waals surface area contributed by atoms with Gasteiger partial charge in [-0.3, -0.25) is 0 Å². The predicted octanol–water partition coefficient (Wildman–Crippen LogP) is 7.22. The molecule has 0 aromatic heterocycles. The van der Waals surface area contributed by atoms with Gasteiger partial charge in [-0.05, 0) is 95.7 Å². The standard InChI is InChI=1S/C30H46N2P2/c1-28(2,3)34(29(4,5)6)21-24-13-12-23(22-10-8-7-9-11-22)18-27(24)30(33,25-14-16-31-19-25)26-15-17-32-20-26/h7-13,18,25-26,31-32H,14-17,19-21,33H2,1-6H3. The second kappa shape index (κ2) is 10.3. The van der Waals surface area contributed by atoms with E-state index in [-0.39, 0.29) is 13.1 Å². The van der Waals surface area contributed by atoms with E-state index in [0.717, 1.165) is 26.2 Å². The van der Waals surface area contributed by atoms with Gasteiger partial charge in [-0.15, -0.1) is 9.24 Å². The van der Waals surface area contributed by atoms with Crippen LogP contribution in [0.4, 0.5) is 0 Å². The summed E-state index contributed by atoms with van der Waals surface area (Å²) in [7, 11) is 3.25. The summed E-state index contributed by atoms with van der Waals surface area (Å²) in [5.41, 5.74) is 5.87. The summed E-state index contributed by atoms with van der Waals surface area (Å²) in [4.78, 5) is 0. The lowest BCUT2D eigenvalue weighted by atomic mass is 9.72. The van der Waals surface area contributed by atoms with Crippen LogP contribution in [0.25, 0.3) is 11.1 Å². The van der Waals surface area contributed by atoms with Crippen LogP contribution in [0.3, 0.4) is 0 Å². The summed E-state index contributed by atoms with van der Waals surface area (Å²) in [6, 6.07) is 18.4. The molecule has 2 aromatic rings. The van der Waals surface area contributed by atoms with Crippen LogP contribution < -0.4 is 10.6 Å². The first kappa shape index (κ1) is 26.3. The molecule has 4 heteroatoms. The molecule has 34 heavy (non-hydrogen) atoms. The first-order chi connectivity index (χ1) is 16.0. The molecule has 2 aliphatic heterocycles. The van der Waals surface area contributed by atoms with Crippen molar-refractivity contribution < 1.29 is 0 Å². The van der Waals surface area contributed by atoms with Crippen LogP contribution in [0.2, 0.25) is 0 Å². The minimum atomic E-state index is -0.211. The summed E-state index contributed by atoms with van der Waals surface area (Å²) in [6.07, 6.45) is 3.73. The third kappa shape index (κ3) is 5.47. The van der Waals surface area contributed by atoms with Gasteiger partial charge in [-0.25, -0.2) is 0 Å². The normalized spacial score (nSPS) is 23.4. The Morgan fingerprint density at radius 1 is 0.794 bits per heavy atom. The molecule has 2 N–H and O–H groups in total. The van der Waals surface area contributed by atoms with Crippen LogP contribution in [0, 0.1) is 11.8 Å². The molecule has 2 nitrogen and oxygen atoms in total. The van der Waals surface area contributed by atoms with Crippen LogP contribution in [0.15, 0.2) is 48.5 Å². The molecule has 0 saturated carbocycles. The van der Waals surface area contributed by atoms with Gasteiger partial charge in [0.2, 0.25) is 0 Å². The predicted molar refractivity (Wildman–Crippen MR) is 155 cm³/mol. The van der Waals surface area contributed by atoms with Crippen molar-refractivity contribution in [2.75, 3.05) is 26.2 Å². The highest BCUT2D eigenvalue weighted by Crippen LogP contribution is 2.62. The molecule has 2 heterocycles. The second-order valence-corrected chi connectivity index (χ2v) is 17.3. The highest BCUT2D eigenvalue weighted by Gasteiger charge is 2.46. The highest BCUT2D eigenvalue weighted by molar-refractivity contribution is 7.60. The van der Waals surface area contributed by atoms with Crippen molar-refractivity contribution in [2.45, 2.75) is 76.0 Å². The van der Waals surface area contributed by atoms with Gasteiger partial charge in [0.15, 0.2) is 0 Å². The fraction of sp³-hybridized carbons (Fsp3) is 0.600. The molecule has 2 aliphatic rings. The number of hydrogen-bond acceptors (Lipinski definition) is 2. The molecule has 4 rings (SSSR count). The van der Waals surface area contributed by atoms with Gasteiger partial charge in [-0.1, -0.05) is 91.9 Å². The third-order valence-corrected chi connectivity index (χ3v) is 13.3. The fourth-order valence-electron chi connectivity index (χ4n) is 6.48. The molecule has 3 atom stereocenters. The number of nitrogens with one attached hydrogen (secondary N) is 2. The average molecular weight is 497 g/mol. The molecule has 0 bridgehead atoms. The van der Waals surface area contributed by atoms with E-state index in [1.54, 1.807) is 11.1 Å². The van der Waals surface area contributed by atoms with Crippen molar-refractivity contribution >= 4 is 17.2 Å². The zero-order valence-electron chi connectivity index (χ0n) is 22.2. The van der Waals surface area contributed by atoms with E-state index in [0.29, 0.717) is 22.1 Å². The first-order valence-corrected chi connectivity index (χ1v) is 15.3. The molecule has 2 aromatic carbocycles. The van der Waals surface area contributed by atoms with E-state index in [1.807, 2.05) is 0 Å². The molecule has 0 spiro atoms. The molecule has 0 radical (unpaired) electrons. The molecule has 0 amide bonds. The van der Waals surface area contributed by atoms with E-state index < -0.39 is 0 Å². The number of rotatable bonds is 6. The fourth-order valence-corrected chi connectivity index (χ4v) is 10.9. The molecule has 2 fully saturated rings. The zero-order chi connectivity index (χ0) is 24.6. The Hall–Kier alpha value is -0.780. The van der Waals surface area contributed by atoms with Crippen LogP contribution in [-0.2, 0) is 11.3 Å². The SMILES string of the molecule is CC(C)(C)P(Cc1ccc(-c2ccccc2)cc1C(P)(C1CCNC1)C1CCNC1)C(C)(C)C. The zero-order valence-corrected chi connectivity index (χ0v) is 24.3. The van der Waals surface area contributed by atoms with E-state index in [1.165, 1.54) is 30.1 Å². The van der Waals surface area contributed by atoms with E-state index >= 15 is 0 Å². The van der Waals surface area contributed by atoms with Crippen LogP contribution >= 0.6 is 17.2 Å². The lowest BCUT2D eigenvalue weighted by molar-refractivity contribution is 0.299. The van der Waals surface area contributed by atoms with Gasteiger partial charge in [0.05, 0.1) is 0 Å². The number of benzene rings is 2. The lowest BCUT2D eigenvalue weighted by Crippen LogP contribution is -2.40. The van der Waals surface area contributed by atoms with Crippen molar-refractivity contribution in [3.05, 3.63) is 59.7 Å².